The number of nitrogens with one attached hydrogen (secondary N) is 1. The second kappa shape index (κ2) is 10.4. The lowest BCUT2D eigenvalue weighted by atomic mass is 9.99. The predicted octanol–water partition coefficient (Wildman–Crippen LogP) is 1.32. The number of carbonyl (C=O) groups excluding carboxylic acids is 1. The molecule has 124 valence electrons. The average molecular weight is 304 g/mol. The van der Waals surface area contributed by atoms with Crippen molar-refractivity contribution in [3.05, 3.63) is 0 Å². The molecule has 2 N–H and O–H groups in total. The summed E-state index contributed by atoms with van der Waals surface area (Å²) in [7, 11) is 3.20. The van der Waals surface area contributed by atoms with E-state index in [0.29, 0.717) is 32.7 Å². The van der Waals surface area contributed by atoms with Crippen molar-refractivity contribution in [1.82, 2.24) is 10.2 Å². The highest BCUT2D eigenvalue weighted by Crippen LogP contribution is 2.12. The first kappa shape index (κ1) is 19.7. The number of carboxylic acid groups (broad SMARTS) is 1. The Labute approximate surface area is 126 Å². The van der Waals surface area contributed by atoms with Crippen LogP contribution < -0.4 is 5.32 Å². The minimum absolute atomic E-state index is 0.0228. The Morgan fingerprint density at radius 3 is 2.29 bits per heavy atom. The molecule has 2 amide bonds. The number of carbonyl (C=O) groups is 2. The number of rotatable bonds is 11. The molecule has 0 unspecified atom stereocenters. The van der Waals surface area contributed by atoms with Gasteiger partial charge in [0.15, 0.2) is 0 Å². The van der Waals surface area contributed by atoms with E-state index in [0.717, 1.165) is 6.42 Å². The lowest BCUT2D eigenvalue weighted by molar-refractivity contribution is -0.137. The van der Waals surface area contributed by atoms with Crippen molar-refractivity contribution in [2.75, 3.05) is 40.5 Å². The topological polar surface area (TPSA) is 88.1 Å². The largest absolute Gasteiger partial charge is 0.481 e. The Kier molecular flexibility index (Phi) is 9.73. The predicted molar refractivity (Wildman–Crippen MR) is 79.4 cm³/mol. The molecule has 0 aliphatic rings. The number of hydrogen-bond acceptors (Lipinski definition) is 4. The smallest absolute Gasteiger partial charge is 0.317 e. The van der Waals surface area contributed by atoms with Crippen molar-refractivity contribution < 1.29 is 24.2 Å². The highest BCUT2D eigenvalue weighted by atomic mass is 16.5. The van der Waals surface area contributed by atoms with E-state index in [1.807, 2.05) is 13.8 Å². The third-order valence-electron chi connectivity index (χ3n) is 3.04. The Hall–Kier alpha value is -1.34. The van der Waals surface area contributed by atoms with Crippen LogP contribution in [0, 0.1) is 0 Å². The van der Waals surface area contributed by atoms with Crippen molar-refractivity contribution in [3.8, 4) is 0 Å². The molecule has 7 nitrogen and oxygen atoms in total. The van der Waals surface area contributed by atoms with Gasteiger partial charge in [0, 0.05) is 45.9 Å². The van der Waals surface area contributed by atoms with E-state index in [2.05, 4.69) is 5.32 Å². The van der Waals surface area contributed by atoms with E-state index >= 15 is 0 Å². The molecule has 7 heteroatoms. The van der Waals surface area contributed by atoms with Gasteiger partial charge >= 0.3 is 12.0 Å². The lowest BCUT2D eigenvalue weighted by Crippen LogP contribution is -2.51. The van der Waals surface area contributed by atoms with Crippen molar-refractivity contribution in [2.45, 2.75) is 38.6 Å². The number of aliphatic carboxylic acids is 1. The summed E-state index contributed by atoms with van der Waals surface area (Å²) in [6, 6.07) is -0.210. The maximum Gasteiger partial charge on any atom is 0.317 e. The van der Waals surface area contributed by atoms with E-state index in [1.165, 1.54) is 0 Å². The molecular weight excluding hydrogens is 276 g/mol. The molecule has 0 heterocycles. The zero-order chi connectivity index (χ0) is 16.3. The van der Waals surface area contributed by atoms with Crippen LogP contribution in [0.2, 0.25) is 0 Å². The summed E-state index contributed by atoms with van der Waals surface area (Å²) in [6.45, 7) is 5.73. The van der Waals surface area contributed by atoms with Gasteiger partial charge in [0.1, 0.15) is 0 Å². The van der Waals surface area contributed by atoms with Gasteiger partial charge in [-0.05, 0) is 26.7 Å². The average Bonchev–Trinajstić information content (AvgIpc) is 2.40. The number of methoxy groups -OCH3 is 2. The number of urea groups is 1. The summed E-state index contributed by atoms with van der Waals surface area (Å²) in [5.74, 6) is -0.867. The maximum atomic E-state index is 12.3. The fourth-order valence-electron chi connectivity index (χ4n) is 1.77. The van der Waals surface area contributed by atoms with E-state index in [4.69, 9.17) is 14.6 Å². The first-order chi connectivity index (χ1) is 9.82. The highest BCUT2D eigenvalue weighted by Gasteiger charge is 2.24. The van der Waals surface area contributed by atoms with Crippen molar-refractivity contribution in [1.29, 1.82) is 0 Å². The summed E-state index contributed by atoms with van der Waals surface area (Å²) in [6.07, 6.45) is 1.14. The quantitative estimate of drug-likeness (QED) is 0.562. The molecular formula is C14H28N2O5. The van der Waals surface area contributed by atoms with Crippen LogP contribution in [0.4, 0.5) is 4.79 Å². The zero-order valence-corrected chi connectivity index (χ0v) is 13.5. The molecule has 0 bridgehead atoms. The number of amides is 2. The molecule has 0 saturated heterocycles. The van der Waals surface area contributed by atoms with E-state index in [1.54, 1.807) is 19.1 Å². The minimum atomic E-state index is -0.867. The van der Waals surface area contributed by atoms with Crippen molar-refractivity contribution in [2.24, 2.45) is 0 Å². The van der Waals surface area contributed by atoms with Gasteiger partial charge in [0.2, 0.25) is 0 Å². The second-order valence-electron chi connectivity index (χ2n) is 5.53. The second-order valence-corrected chi connectivity index (χ2v) is 5.53. The number of nitrogens with zero attached hydrogens (tertiary/aromatic N) is 1. The molecule has 0 rings (SSSR count). The summed E-state index contributed by atoms with van der Waals surface area (Å²) in [5, 5.41) is 11.6. The summed E-state index contributed by atoms with van der Waals surface area (Å²) in [4.78, 5) is 24.6. The minimum Gasteiger partial charge on any atom is -0.481 e. The number of hydrogen-bond donors (Lipinski definition) is 2. The molecule has 0 aromatic rings. The molecule has 0 spiro atoms. The first-order valence-electron chi connectivity index (χ1n) is 7.09. The number of carboxylic acids is 1. The van der Waals surface area contributed by atoms with E-state index in [-0.39, 0.29) is 12.5 Å². The monoisotopic (exact) mass is 304 g/mol. The van der Waals surface area contributed by atoms with E-state index in [9.17, 15) is 9.59 Å². The van der Waals surface area contributed by atoms with Crippen LogP contribution in [0.3, 0.4) is 0 Å². The van der Waals surface area contributed by atoms with Crippen molar-refractivity contribution in [3.63, 3.8) is 0 Å². The van der Waals surface area contributed by atoms with Gasteiger partial charge < -0.3 is 24.8 Å². The normalized spacial score (nSPS) is 11.2. The molecule has 0 radical (unpaired) electrons. The number of ether oxygens (including phenoxy) is 2. The van der Waals surface area contributed by atoms with Crippen LogP contribution >= 0.6 is 0 Å². The molecule has 0 aromatic heterocycles. The third kappa shape index (κ3) is 10.1. The molecule has 0 aliphatic carbocycles. The fraction of sp³-hybridized carbons (Fsp3) is 0.857. The van der Waals surface area contributed by atoms with Gasteiger partial charge in [-0.2, -0.15) is 0 Å². The fourth-order valence-corrected chi connectivity index (χ4v) is 1.77. The van der Waals surface area contributed by atoms with Crippen LogP contribution in [0.25, 0.3) is 0 Å². The Morgan fingerprint density at radius 2 is 1.76 bits per heavy atom. The van der Waals surface area contributed by atoms with Gasteiger partial charge in [0.05, 0.1) is 6.61 Å². The van der Waals surface area contributed by atoms with Gasteiger partial charge in [-0.3, -0.25) is 4.79 Å². The summed E-state index contributed by atoms with van der Waals surface area (Å²) >= 11 is 0. The standard InChI is InChI=1S/C14H28N2O5/c1-14(2,7-6-12(17)18)15-13(19)16(9-11-21-4)8-5-10-20-3/h5-11H2,1-4H3,(H,15,19)(H,17,18). The Balaban J connectivity index is 4.44. The van der Waals surface area contributed by atoms with Crippen LogP contribution in [0.15, 0.2) is 0 Å². The van der Waals surface area contributed by atoms with Gasteiger partial charge in [-0.1, -0.05) is 0 Å². The molecule has 0 fully saturated rings. The molecule has 21 heavy (non-hydrogen) atoms. The summed E-state index contributed by atoms with van der Waals surface area (Å²) < 4.78 is 9.99. The van der Waals surface area contributed by atoms with Crippen LogP contribution in [-0.2, 0) is 14.3 Å². The third-order valence-corrected chi connectivity index (χ3v) is 3.04. The lowest BCUT2D eigenvalue weighted by Gasteiger charge is -2.30. The molecule has 0 saturated carbocycles. The highest BCUT2D eigenvalue weighted by molar-refractivity contribution is 5.75. The van der Waals surface area contributed by atoms with Crippen LogP contribution in [0.1, 0.15) is 33.1 Å². The summed E-state index contributed by atoms with van der Waals surface area (Å²) in [5.41, 5.74) is -0.567. The van der Waals surface area contributed by atoms with Crippen molar-refractivity contribution >= 4 is 12.0 Å². The maximum absolute atomic E-state index is 12.3. The molecule has 0 aromatic carbocycles. The van der Waals surface area contributed by atoms with Gasteiger partial charge in [-0.15, -0.1) is 0 Å². The Bertz CT molecular complexity index is 320. The Morgan fingerprint density at radius 1 is 1.14 bits per heavy atom. The molecule has 0 atom stereocenters. The first-order valence-corrected chi connectivity index (χ1v) is 7.09. The van der Waals surface area contributed by atoms with Gasteiger partial charge in [0.25, 0.3) is 0 Å². The van der Waals surface area contributed by atoms with Crippen LogP contribution in [-0.4, -0.2) is 68.1 Å². The van der Waals surface area contributed by atoms with E-state index < -0.39 is 11.5 Å². The van der Waals surface area contributed by atoms with Crippen LogP contribution in [0.5, 0.6) is 0 Å². The SMILES string of the molecule is COCCCN(CCOC)C(=O)NC(C)(C)CCC(=O)O. The molecule has 0 aliphatic heterocycles. The zero-order valence-electron chi connectivity index (χ0n) is 13.5. The van der Waals surface area contributed by atoms with Gasteiger partial charge in [-0.25, -0.2) is 4.79 Å².